The van der Waals surface area contributed by atoms with Crippen LogP contribution in [0.25, 0.3) is 22.0 Å². The lowest BCUT2D eigenvalue weighted by Crippen LogP contribution is -2.07. The number of thiazole rings is 1. The molecular formula is C18H16N2OS. The number of amides is 1. The van der Waals surface area contributed by atoms with Crippen LogP contribution in [0.1, 0.15) is 13.8 Å². The molecule has 0 unspecified atom stereocenters. The van der Waals surface area contributed by atoms with Gasteiger partial charge in [0.2, 0.25) is 5.91 Å². The molecule has 1 amide bonds. The molecule has 3 rings (SSSR count). The summed E-state index contributed by atoms with van der Waals surface area (Å²) in [6, 6.07) is 14.5. The zero-order valence-corrected chi connectivity index (χ0v) is 13.3. The van der Waals surface area contributed by atoms with Gasteiger partial charge >= 0.3 is 0 Å². The molecule has 3 aromatic rings. The van der Waals surface area contributed by atoms with E-state index in [1.807, 2.05) is 31.4 Å². The van der Waals surface area contributed by atoms with Crippen molar-refractivity contribution in [2.75, 3.05) is 5.32 Å². The topological polar surface area (TPSA) is 42.0 Å². The summed E-state index contributed by atoms with van der Waals surface area (Å²) in [5.41, 5.74) is 2.89. The molecule has 1 heterocycles. The Morgan fingerprint density at radius 1 is 1.14 bits per heavy atom. The smallest absolute Gasteiger partial charge is 0.250 e. The van der Waals surface area contributed by atoms with E-state index in [0.29, 0.717) is 5.13 Å². The van der Waals surface area contributed by atoms with Crippen LogP contribution in [0.4, 0.5) is 5.13 Å². The number of benzene rings is 2. The van der Waals surface area contributed by atoms with Crippen molar-refractivity contribution >= 4 is 33.1 Å². The van der Waals surface area contributed by atoms with Crippen molar-refractivity contribution in [3.05, 3.63) is 59.5 Å². The zero-order valence-electron chi connectivity index (χ0n) is 12.5. The molecule has 0 aliphatic carbocycles. The monoisotopic (exact) mass is 308 g/mol. The normalized spacial score (nSPS) is 10.5. The quantitative estimate of drug-likeness (QED) is 0.701. The third-order valence-corrected chi connectivity index (χ3v) is 3.96. The number of carbonyl (C=O) groups is 1. The van der Waals surface area contributed by atoms with E-state index in [1.54, 1.807) is 6.08 Å². The first-order valence-corrected chi connectivity index (χ1v) is 7.90. The van der Waals surface area contributed by atoms with E-state index in [1.165, 1.54) is 22.1 Å². The van der Waals surface area contributed by atoms with Gasteiger partial charge in [-0.15, -0.1) is 11.3 Å². The third kappa shape index (κ3) is 3.23. The Hall–Kier alpha value is -2.46. The van der Waals surface area contributed by atoms with Gasteiger partial charge in [-0.1, -0.05) is 42.0 Å². The molecule has 0 aliphatic heterocycles. The van der Waals surface area contributed by atoms with Crippen LogP contribution >= 0.6 is 11.3 Å². The zero-order chi connectivity index (χ0) is 15.5. The molecule has 0 aliphatic rings. The molecule has 0 spiro atoms. The minimum Gasteiger partial charge on any atom is -0.298 e. The summed E-state index contributed by atoms with van der Waals surface area (Å²) in [7, 11) is 0. The van der Waals surface area contributed by atoms with Crippen LogP contribution in [0, 0.1) is 0 Å². The average molecular weight is 308 g/mol. The fourth-order valence-corrected chi connectivity index (χ4v) is 2.94. The molecule has 0 radical (unpaired) electrons. The highest BCUT2D eigenvalue weighted by atomic mass is 32.1. The number of hydrogen-bond donors (Lipinski definition) is 1. The minimum absolute atomic E-state index is 0.139. The highest BCUT2D eigenvalue weighted by molar-refractivity contribution is 7.14. The van der Waals surface area contributed by atoms with Crippen molar-refractivity contribution < 1.29 is 4.79 Å². The van der Waals surface area contributed by atoms with Gasteiger partial charge in [0.1, 0.15) is 0 Å². The average Bonchev–Trinajstić information content (AvgIpc) is 2.94. The van der Waals surface area contributed by atoms with Crippen molar-refractivity contribution in [3.8, 4) is 11.3 Å². The molecular weight excluding hydrogens is 292 g/mol. The summed E-state index contributed by atoms with van der Waals surface area (Å²) in [6.45, 7) is 3.78. The largest absolute Gasteiger partial charge is 0.298 e. The van der Waals surface area contributed by atoms with Crippen molar-refractivity contribution in [3.63, 3.8) is 0 Å². The summed E-state index contributed by atoms with van der Waals surface area (Å²) in [6.07, 6.45) is 1.57. The maximum Gasteiger partial charge on any atom is 0.250 e. The summed E-state index contributed by atoms with van der Waals surface area (Å²) in [4.78, 5) is 16.2. The predicted octanol–water partition coefficient (Wildman–Crippen LogP) is 4.87. The van der Waals surface area contributed by atoms with Gasteiger partial charge in [-0.25, -0.2) is 4.98 Å². The molecule has 22 heavy (non-hydrogen) atoms. The van der Waals surface area contributed by atoms with Crippen molar-refractivity contribution in [2.45, 2.75) is 13.8 Å². The number of anilines is 1. The molecule has 1 N–H and O–H groups in total. The highest BCUT2D eigenvalue weighted by Gasteiger charge is 2.07. The standard InChI is InChI=1S/C18H16N2OS/c1-12(2)9-17(21)20-18-19-16(11-22-18)15-8-7-13-5-3-4-6-14(13)10-15/h3-11H,1-2H3,(H,19,20,21). The lowest BCUT2D eigenvalue weighted by molar-refractivity contribution is -0.111. The molecule has 0 saturated heterocycles. The third-order valence-electron chi connectivity index (χ3n) is 3.20. The first kappa shape index (κ1) is 14.5. The number of rotatable bonds is 3. The fraction of sp³-hybridized carbons (Fsp3) is 0.111. The molecule has 2 aromatic carbocycles. The second kappa shape index (κ2) is 6.12. The van der Waals surface area contributed by atoms with Crippen LogP contribution in [0.15, 0.2) is 59.5 Å². The Morgan fingerprint density at radius 2 is 1.91 bits per heavy atom. The second-order valence-electron chi connectivity index (χ2n) is 5.31. The van der Waals surface area contributed by atoms with Crippen LogP contribution in [-0.4, -0.2) is 10.9 Å². The molecule has 110 valence electrons. The second-order valence-corrected chi connectivity index (χ2v) is 6.17. The molecule has 1 aromatic heterocycles. The van der Waals surface area contributed by atoms with Crippen LogP contribution < -0.4 is 5.32 Å². The maximum absolute atomic E-state index is 11.7. The van der Waals surface area contributed by atoms with Crippen LogP contribution in [0.3, 0.4) is 0 Å². The lowest BCUT2D eigenvalue weighted by Gasteiger charge is -2.01. The van der Waals surface area contributed by atoms with Crippen molar-refractivity contribution in [1.29, 1.82) is 0 Å². The summed E-state index contributed by atoms with van der Waals surface area (Å²) >= 11 is 1.43. The number of aromatic nitrogens is 1. The van der Waals surface area contributed by atoms with E-state index >= 15 is 0 Å². The van der Waals surface area contributed by atoms with E-state index in [4.69, 9.17) is 0 Å². The van der Waals surface area contributed by atoms with Crippen LogP contribution in [-0.2, 0) is 4.79 Å². The molecule has 0 fully saturated rings. The fourth-order valence-electron chi connectivity index (χ4n) is 2.22. The van der Waals surface area contributed by atoms with Crippen LogP contribution in [0.5, 0.6) is 0 Å². The highest BCUT2D eigenvalue weighted by Crippen LogP contribution is 2.27. The summed E-state index contributed by atoms with van der Waals surface area (Å²) < 4.78 is 0. The van der Waals surface area contributed by atoms with Gasteiger partial charge in [-0.2, -0.15) is 0 Å². The first-order chi connectivity index (χ1) is 10.6. The molecule has 4 heteroatoms. The van der Waals surface area contributed by atoms with E-state index in [-0.39, 0.29) is 5.91 Å². The Morgan fingerprint density at radius 3 is 2.68 bits per heavy atom. The van der Waals surface area contributed by atoms with E-state index in [9.17, 15) is 4.79 Å². The summed E-state index contributed by atoms with van der Waals surface area (Å²) in [5, 5.41) is 7.76. The molecule has 0 atom stereocenters. The number of allylic oxidation sites excluding steroid dienone is 1. The predicted molar refractivity (Wildman–Crippen MR) is 93.1 cm³/mol. The van der Waals surface area contributed by atoms with Gasteiger partial charge in [-0.3, -0.25) is 10.1 Å². The van der Waals surface area contributed by atoms with Gasteiger partial charge in [0, 0.05) is 17.0 Å². The van der Waals surface area contributed by atoms with Crippen molar-refractivity contribution in [1.82, 2.24) is 4.98 Å². The van der Waals surface area contributed by atoms with Gasteiger partial charge in [0.15, 0.2) is 5.13 Å². The number of carbonyl (C=O) groups excluding carboxylic acids is 1. The number of hydrogen-bond acceptors (Lipinski definition) is 3. The number of nitrogens with zero attached hydrogens (tertiary/aromatic N) is 1. The Balaban J connectivity index is 1.86. The van der Waals surface area contributed by atoms with Gasteiger partial charge < -0.3 is 0 Å². The molecule has 0 bridgehead atoms. The Bertz CT molecular complexity index is 860. The van der Waals surface area contributed by atoms with Crippen molar-refractivity contribution in [2.24, 2.45) is 0 Å². The number of fused-ring (bicyclic) bond motifs is 1. The van der Waals surface area contributed by atoms with Crippen LogP contribution in [0.2, 0.25) is 0 Å². The van der Waals surface area contributed by atoms with E-state index in [0.717, 1.165) is 16.8 Å². The first-order valence-electron chi connectivity index (χ1n) is 7.02. The van der Waals surface area contributed by atoms with E-state index in [2.05, 4.69) is 40.6 Å². The van der Waals surface area contributed by atoms with Gasteiger partial charge in [-0.05, 0) is 30.7 Å². The van der Waals surface area contributed by atoms with Gasteiger partial charge in [0.05, 0.1) is 5.69 Å². The molecule has 3 nitrogen and oxygen atoms in total. The maximum atomic E-state index is 11.7. The minimum atomic E-state index is -0.139. The Kier molecular flexibility index (Phi) is 4.02. The summed E-state index contributed by atoms with van der Waals surface area (Å²) in [5.74, 6) is -0.139. The van der Waals surface area contributed by atoms with E-state index < -0.39 is 0 Å². The Labute approximate surface area is 133 Å². The number of nitrogens with one attached hydrogen (secondary N) is 1. The SMILES string of the molecule is CC(C)=CC(=O)Nc1nc(-c2ccc3ccccc3c2)cs1. The van der Waals surface area contributed by atoms with Gasteiger partial charge in [0.25, 0.3) is 0 Å². The lowest BCUT2D eigenvalue weighted by atomic mass is 10.1. The molecule has 0 saturated carbocycles.